The normalized spacial score (nSPS) is 11.2. The molecule has 0 aliphatic rings. The van der Waals surface area contributed by atoms with E-state index in [1.807, 2.05) is 6.92 Å². The Morgan fingerprint density at radius 2 is 2.00 bits per heavy atom. The number of halogens is 3. The van der Waals surface area contributed by atoms with Gasteiger partial charge in [0, 0.05) is 24.4 Å². The molecule has 2 aromatic rings. The molecule has 4 nitrogen and oxygen atoms in total. The SMILES string of the molecule is CCc1ccc(OC(F)(F)F)c(CCC(=O)OCc2cccnc2)c1. The molecule has 1 aromatic carbocycles. The Hall–Kier alpha value is -2.57. The first-order valence-electron chi connectivity index (χ1n) is 7.79. The van der Waals surface area contributed by atoms with Crippen molar-refractivity contribution in [2.75, 3.05) is 0 Å². The minimum Gasteiger partial charge on any atom is -0.461 e. The number of aromatic nitrogens is 1. The molecule has 2 rings (SSSR count). The average molecular weight is 353 g/mol. The van der Waals surface area contributed by atoms with Gasteiger partial charge in [0.1, 0.15) is 12.4 Å². The lowest BCUT2D eigenvalue weighted by atomic mass is 10.0. The molecule has 0 atom stereocenters. The van der Waals surface area contributed by atoms with Crippen LogP contribution in [0.2, 0.25) is 0 Å². The first-order valence-corrected chi connectivity index (χ1v) is 7.79. The number of ether oxygens (including phenoxy) is 2. The number of alkyl halides is 3. The molecule has 0 saturated carbocycles. The van der Waals surface area contributed by atoms with Crippen molar-refractivity contribution < 1.29 is 27.4 Å². The first-order chi connectivity index (χ1) is 11.9. The summed E-state index contributed by atoms with van der Waals surface area (Å²) in [5.74, 6) is -0.784. The Balaban J connectivity index is 1.97. The average Bonchev–Trinajstić information content (AvgIpc) is 2.58. The highest BCUT2D eigenvalue weighted by molar-refractivity contribution is 5.70. The number of rotatable bonds is 7. The highest BCUT2D eigenvalue weighted by Crippen LogP contribution is 2.28. The summed E-state index contributed by atoms with van der Waals surface area (Å²) in [6.07, 6.45) is -0.859. The largest absolute Gasteiger partial charge is 0.573 e. The van der Waals surface area contributed by atoms with Gasteiger partial charge in [0.2, 0.25) is 0 Å². The van der Waals surface area contributed by atoms with E-state index in [9.17, 15) is 18.0 Å². The lowest BCUT2D eigenvalue weighted by molar-refractivity contribution is -0.274. The molecular weight excluding hydrogens is 335 g/mol. The van der Waals surface area contributed by atoms with E-state index in [1.165, 1.54) is 6.07 Å². The number of nitrogens with zero attached hydrogens (tertiary/aromatic N) is 1. The fourth-order valence-electron chi connectivity index (χ4n) is 2.23. The van der Waals surface area contributed by atoms with Gasteiger partial charge in [-0.3, -0.25) is 9.78 Å². The summed E-state index contributed by atoms with van der Waals surface area (Å²) < 4.78 is 46.6. The molecule has 1 heterocycles. The van der Waals surface area contributed by atoms with E-state index in [2.05, 4.69) is 9.72 Å². The quantitative estimate of drug-likeness (QED) is 0.700. The van der Waals surface area contributed by atoms with Crippen LogP contribution in [0, 0.1) is 0 Å². The van der Waals surface area contributed by atoms with Crippen LogP contribution in [0.1, 0.15) is 30.0 Å². The van der Waals surface area contributed by atoms with Crippen LogP contribution in [0.25, 0.3) is 0 Å². The van der Waals surface area contributed by atoms with E-state index in [1.54, 1.807) is 36.7 Å². The third kappa shape index (κ3) is 6.45. The molecule has 7 heteroatoms. The predicted molar refractivity (Wildman–Crippen MR) is 84.9 cm³/mol. The van der Waals surface area contributed by atoms with Crippen LogP contribution in [0.3, 0.4) is 0 Å². The molecule has 25 heavy (non-hydrogen) atoms. The summed E-state index contributed by atoms with van der Waals surface area (Å²) in [4.78, 5) is 15.7. The van der Waals surface area contributed by atoms with Gasteiger partial charge in [0.15, 0.2) is 0 Å². The number of esters is 1. The second-order valence-corrected chi connectivity index (χ2v) is 5.37. The second kappa shape index (κ2) is 8.50. The third-order valence-electron chi connectivity index (χ3n) is 3.48. The molecule has 0 unspecified atom stereocenters. The van der Waals surface area contributed by atoms with E-state index in [-0.39, 0.29) is 25.2 Å². The van der Waals surface area contributed by atoms with Gasteiger partial charge in [-0.1, -0.05) is 25.1 Å². The Morgan fingerprint density at radius 1 is 1.20 bits per heavy atom. The van der Waals surface area contributed by atoms with Gasteiger partial charge >= 0.3 is 12.3 Å². The lowest BCUT2D eigenvalue weighted by Gasteiger charge is -2.14. The molecule has 0 amide bonds. The highest BCUT2D eigenvalue weighted by atomic mass is 19.4. The summed E-state index contributed by atoms with van der Waals surface area (Å²) >= 11 is 0. The maximum atomic E-state index is 12.5. The van der Waals surface area contributed by atoms with Gasteiger partial charge in [-0.2, -0.15) is 0 Å². The maximum absolute atomic E-state index is 12.5. The van der Waals surface area contributed by atoms with Gasteiger partial charge < -0.3 is 9.47 Å². The van der Waals surface area contributed by atoms with Crippen molar-refractivity contribution in [2.45, 2.75) is 39.2 Å². The number of carbonyl (C=O) groups is 1. The summed E-state index contributed by atoms with van der Waals surface area (Å²) in [5, 5.41) is 0. The molecule has 0 aliphatic heterocycles. The Bertz CT molecular complexity index is 702. The predicted octanol–water partition coefficient (Wildman–Crippen LogP) is 4.22. The number of benzene rings is 1. The second-order valence-electron chi connectivity index (χ2n) is 5.37. The topological polar surface area (TPSA) is 48.4 Å². The number of hydrogen-bond acceptors (Lipinski definition) is 4. The van der Waals surface area contributed by atoms with E-state index in [0.29, 0.717) is 12.0 Å². The number of hydrogen-bond donors (Lipinski definition) is 0. The monoisotopic (exact) mass is 353 g/mol. The van der Waals surface area contributed by atoms with Crippen molar-refractivity contribution in [1.82, 2.24) is 4.98 Å². The molecule has 0 bridgehead atoms. The van der Waals surface area contributed by atoms with Gasteiger partial charge in [-0.25, -0.2) is 0 Å². The van der Waals surface area contributed by atoms with Gasteiger partial charge in [0.05, 0.1) is 0 Å². The van der Waals surface area contributed by atoms with Crippen LogP contribution < -0.4 is 4.74 Å². The van der Waals surface area contributed by atoms with Crippen LogP contribution >= 0.6 is 0 Å². The van der Waals surface area contributed by atoms with E-state index < -0.39 is 12.3 Å². The number of pyridine rings is 1. The van der Waals surface area contributed by atoms with Crippen molar-refractivity contribution in [3.05, 3.63) is 59.4 Å². The van der Waals surface area contributed by atoms with Crippen LogP contribution in [-0.4, -0.2) is 17.3 Å². The molecule has 0 fully saturated rings. The standard InChI is InChI=1S/C18H18F3NO3/c1-2-13-5-7-16(25-18(19,20)21)15(10-13)6-8-17(23)24-12-14-4-3-9-22-11-14/h3-5,7,9-11H,2,6,8,12H2,1H3. The van der Waals surface area contributed by atoms with E-state index >= 15 is 0 Å². The van der Waals surface area contributed by atoms with Crippen molar-refractivity contribution in [2.24, 2.45) is 0 Å². The Morgan fingerprint density at radius 3 is 2.64 bits per heavy atom. The van der Waals surface area contributed by atoms with Crippen molar-refractivity contribution in [3.63, 3.8) is 0 Å². The summed E-state index contributed by atoms with van der Waals surface area (Å²) in [6.45, 7) is 1.97. The van der Waals surface area contributed by atoms with Crippen molar-refractivity contribution in [1.29, 1.82) is 0 Å². The zero-order chi connectivity index (χ0) is 18.3. The molecular formula is C18H18F3NO3. The summed E-state index contributed by atoms with van der Waals surface area (Å²) in [7, 11) is 0. The summed E-state index contributed by atoms with van der Waals surface area (Å²) in [5.41, 5.74) is 1.94. The molecule has 0 radical (unpaired) electrons. The summed E-state index contributed by atoms with van der Waals surface area (Å²) in [6, 6.07) is 7.96. The number of carbonyl (C=O) groups excluding carboxylic acids is 1. The zero-order valence-electron chi connectivity index (χ0n) is 13.7. The Labute approximate surface area is 143 Å². The van der Waals surface area contributed by atoms with Crippen LogP contribution in [-0.2, 0) is 29.0 Å². The zero-order valence-corrected chi connectivity index (χ0v) is 13.7. The minimum absolute atomic E-state index is 0.0400. The Kier molecular flexibility index (Phi) is 6.38. The molecule has 1 aromatic heterocycles. The first kappa shape index (κ1) is 18.8. The third-order valence-corrected chi connectivity index (χ3v) is 3.48. The minimum atomic E-state index is -4.77. The van der Waals surface area contributed by atoms with Crippen molar-refractivity contribution in [3.8, 4) is 5.75 Å². The highest BCUT2D eigenvalue weighted by Gasteiger charge is 2.32. The van der Waals surface area contributed by atoms with Crippen LogP contribution in [0.5, 0.6) is 5.75 Å². The molecule has 0 aliphatic carbocycles. The number of aryl methyl sites for hydroxylation is 2. The van der Waals surface area contributed by atoms with Gasteiger partial charge in [-0.15, -0.1) is 13.2 Å². The van der Waals surface area contributed by atoms with Gasteiger partial charge in [-0.05, 0) is 36.1 Å². The maximum Gasteiger partial charge on any atom is 0.573 e. The van der Waals surface area contributed by atoms with E-state index in [4.69, 9.17) is 4.74 Å². The van der Waals surface area contributed by atoms with Crippen LogP contribution in [0.4, 0.5) is 13.2 Å². The van der Waals surface area contributed by atoms with E-state index in [0.717, 1.165) is 11.1 Å². The van der Waals surface area contributed by atoms with Gasteiger partial charge in [0.25, 0.3) is 0 Å². The molecule has 0 saturated heterocycles. The molecule has 0 spiro atoms. The van der Waals surface area contributed by atoms with Crippen LogP contribution in [0.15, 0.2) is 42.7 Å². The fraction of sp³-hybridized carbons (Fsp3) is 0.333. The molecule has 0 N–H and O–H groups in total. The smallest absolute Gasteiger partial charge is 0.461 e. The lowest BCUT2D eigenvalue weighted by Crippen LogP contribution is -2.18. The molecule has 134 valence electrons. The van der Waals surface area contributed by atoms with Crippen molar-refractivity contribution >= 4 is 5.97 Å². The fourth-order valence-corrected chi connectivity index (χ4v) is 2.23.